The molecule has 0 heterocycles. The molecular formula is C6H17NO2Si. The highest BCUT2D eigenvalue weighted by Crippen LogP contribution is 2.19. The van der Waals surface area contributed by atoms with Gasteiger partial charge >= 0.3 is 8.56 Å². The quantitative estimate of drug-likeness (QED) is 0.518. The van der Waals surface area contributed by atoms with Crippen molar-refractivity contribution >= 4 is 8.56 Å². The predicted molar refractivity (Wildman–Crippen MR) is 43.8 cm³/mol. The van der Waals surface area contributed by atoms with Crippen molar-refractivity contribution in [3.63, 3.8) is 0 Å². The lowest BCUT2D eigenvalue weighted by atomic mass is 10.5. The van der Waals surface area contributed by atoms with E-state index in [1.807, 2.05) is 13.8 Å². The molecule has 10 heavy (non-hydrogen) atoms. The topological polar surface area (TPSA) is 66.5 Å². The first-order valence-electron chi connectivity index (χ1n) is 3.65. The van der Waals surface area contributed by atoms with E-state index in [9.17, 15) is 9.59 Å². The van der Waals surface area contributed by atoms with E-state index in [1.54, 1.807) is 0 Å². The van der Waals surface area contributed by atoms with E-state index >= 15 is 0 Å². The average Bonchev–Trinajstić information content (AvgIpc) is 1.84. The molecule has 0 spiro atoms. The molecule has 0 bridgehead atoms. The highest BCUT2D eigenvalue weighted by molar-refractivity contribution is 6.66. The van der Waals surface area contributed by atoms with E-state index in [0.717, 1.165) is 6.42 Å². The third-order valence-electron chi connectivity index (χ3n) is 1.67. The minimum Gasteiger partial charge on any atom is -0.410 e. The average molecular weight is 163 g/mol. The molecule has 0 fully saturated rings. The lowest BCUT2D eigenvalue weighted by molar-refractivity contribution is 0.342. The van der Waals surface area contributed by atoms with Gasteiger partial charge in [0.05, 0.1) is 0 Å². The summed E-state index contributed by atoms with van der Waals surface area (Å²) in [5.74, 6) is 0. The Hall–Kier alpha value is 0.0969. The van der Waals surface area contributed by atoms with Crippen LogP contribution in [-0.4, -0.2) is 24.7 Å². The molecule has 4 N–H and O–H groups in total. The Kier molecular flexibility index (Phi) is 4.11. The van der Waals surface area contributed by atoms with Crippen LogP contribution < -0.4 is 5.73 Å². The summed E-state index contributed by atoms with van der Waals surface area (Å²) in [6, 6.07) is 0.501. The van der Waals surface area contributed by atoms with Gasteiger partial charge in [-0.2, -0.15) is 0 Å². The summed E-state index contributed by atoms with van der Waals surface area (Å²) in [5, 5.41) is 0. The van der Waals surface area contributed by atoms with Crippen LogP contribution in [0.3, 0.4) is 0 Å². The van der Waals surface area contributed by atoms with Gasteiger partial charge in [0.15, 0.2) is 0 Å². The Morgan fingerprint density at radius 3 is 2.20 bits per heavy atom. The van der Waals surface area contributed by atoms with Crippen LogP contribution >= 0.6 is 0 Å². The molecule has 0 unspecified atom stereocenters. The molecular weight excluding hydrogens is 146 g/mol. The van der Waals surface area contributed by atoms with E-state index in [4.69, 9.17) is 5.73 Å². The van der Waals surface area contributed by atoms with Crippen LogP contribution in [0.1, 0.15) is 20.3 Å². The summed E-state index contributed by atoms with van der Waals surface area (Å²) in [6.45, 7) is 4.22. The van der Waals surface area contributed by atoms with Crippen molar-refractivity contribution in [2.24, 2.45) is 5.73 Å². The normalized spacial score (nSPS) is 12.6. The second-order valence-corrected chi connectivity index (χ2v) is 6.34. The molecule has 62 valence electrons. The molecule has 0 aromatic heterocycles. The third kappa shape index (κ3) is 3.31. The molecule has 0 saturated heterocycles. The van der Waals surface area contributed by atoms with Crippen molar-refractivity contribution in [2.45, 2.75) is 31.9 Å². The van der Waals surface area contributed by atoms with E-state index in [1.165, 1.54) is 0 Å². The van der Waals surface area contributed by atoms with Gasteiger partial charge in [-0.15, -0.1) is 0 Å². The molecule has 0 aliphatic carbocycles. The molecule has 0 amide bonds. The smallest absolute Gasteiger partial charge is 0.335 e. The highest BCUT2D eigenvalue weighted by atomic mass is 28.4. The Morgan fingerprint density at radius 1 is 1.40 bits per heavy atom. The van der Waals surface area contributed by atoms with Gasteiger partial charge in [-0.1, -0.05) is 13.8 Å². The monoisotopic (exact) mass is 163 g/mol. The Morgan fingerprint density at radius 2 is 1.90 bits per heavy atom. The fraction of sp³-hybridized carbons (Fsp3) is 1.00. The zero-order valence-corrected chi connectivity index (χ0v) is 7.67. The standard InChI is InChI=1S/C6H17NO2Si/c1-6(2)10(8,9)5-3-4-7/h6,8-9H,3-5,7H2,1-2H3. The number of hydrogen-bond donors (Lipinski definition) is 3. The van der Waals surface area contributed by atoms with Crippen molar-refractivity contribution in [3.05, 3.63) is 0 Å². The van der Waals surface area contributed by atoms with Crippen LogP contribution in [0.2, 0.25) is 11.6 Å². The molecule has 0 aromatic rings. The first kappa shape index (κ1) is 10.1. The summed E-state index contributed by atoms with van der Waals surface area (Å²) < 4.78 is 0. The molecule has 0 aromatic carbocycles. The van der Waals surface area contributed by atoms with Crippen molar-refractivity contribution < 1.29 is 9.59 Å². The highest BCUT2D eigenvalue weighted by Gasteiger charge is 2.32. The first-order valence-corrected chi connectivity index (χ1v) is 5.83. The molecule has 0 rings (SSSR count). The summed E-state index contributed by atoms with van der Waals surface area (Å²) in [6.07, 6.45) is 0.720. The van der Waals surface area contributed by atoms with Gasteiger partial charge < -0.3 is 15.3 Å². The molecule has 4 heteroatoms. The fourth-order valence-electron chi connectivity index (χ4n) is 0.651. The first-order chi connectivity index (χ1) is 4.50. The van der Waals surface area contributed by atoms with Crippen LogP contribution in [0.25, 0.3) is 0 Å². The number of rotatable bonds is 4. The summed E-state index contributed by atoms with van der Waals surface area (Å²) in [4.78, 5) is 18.7. The van der Waals surface area contributed by atoms with E-state index in [-0.39, 0.29) is 5.54 Å². The third-order valence-corrected chi connectivity index (χ3v) is 4.61. The second kappa shape index (κ2) is 4.08. The van der Waals surface area contributed by atoms with Crippen molar-refractivity contribution in [1.82, 2.24) is 0 Å². The zero-order chi connectivity index (χ0) is 8.20. The molecule has 0 radical (unpaired) electrons. The molecule has 0 aliphatic rings. The van der Waals surface area contributed by atoms with Crippen LogP contribution in [0.15, 0.2) is 0 Å². The van der Waals surface area contributed by atoms with Gasteiger partial charge in [-0.25, -0.2) is 0 Å². The van der Waals surface area contributed by atoms with E-state index in [0.29, 0.717) is 12.6 Å². The Bertz CT molecular complexity index is 95.7. The van der Waals surface area contributed by atoms with Gasteiger partial charge in [-0.3, -0.25) is 0 Å². The summed E-state index contributed by atoms with van der Waals surface area (Å²) in [7, 11) is -2.88. The maximum absolute atomic E-state index is 9.36. The SMILES string of the molecule is CC(C)[Si](O)(O)CCCN. The van der Waals surface area contributed by atoms with Crippen LogP contribution in [0, 0.1) is 0 Å². The minimum atomic E-state index is -2.88. The van der Waals surface area contributed by atoms with Crippen LogP contribution in [0.4, 0.5) is 0 Å². The van der Waals surface area contributed by atoms with Gasteiger partial charge in [0.1, 0.15) is 0 Å². The van der Waals surface area contributed by atoms with E-state index in [2.05, 4.69) is 0 Å². The van der Waals surface area contributed by atoms with Gasteiger partial charge in [-0.05, 0) is 24.6 Å². The Labute approximate surface area is 63.1 Å². The minimum absolute atomic E-state index is 0.0130. The largest absolute Gasteiger partial charge is 0.410 e. The predicted octanol–water partition coefficient (Wildman–Crippen LogP) is 0.172. The van der Waals surface area contributed by atoms with E-state index < -0.39 is 8.56 Å². The van der Waals surface area contributed by atoms with Crippen molar-refractivity contribution in [1.29, 1.82) is 0 Å². The van der Waals surface area contributed by atoms with Crippen molar-refractivity contribution in [2.75, 3.05) is 6.54 Å². The van der Waals surface area contributed by atoms with Crippen molar-refractivity contribution in [3.8, 4) is 0 Å². The van der Waals surface area contributed by atoms with Gasteiger partial charge in [0.2, 0.25) is 0 Å². The number of nitrogens with two attached hydrogens (primary N) is 1. The molecule has 0 aliphatic heterocycles. The maximum atomic E-state index is 9.36. The van der Waals surface area contributed by atoms with Crippen LogP contribution in [-0.2, 0) is 0 Å². The second-order valence-electron chi connectivity index (χ2n) is 2.93. The number of hydrogen-bond acceptors (Lipinski definition) is 3. The van der Waals surface area contributed by atoms with Gasteiger partial charge in [0, 0.05) is 0 Å². The Balaban J connectivity index is 3.63. The summed E-state index contributed by atoms with van der Waals surface area (Å²) in [5.41, 5.74) is 5.25. The van der Waals surface area contributed by atoms with Gasteiger partial charge in [0.25, 0.3) is 0 Å². The van der Waals surface area contributed by atoms with Crippen LogP contribution in [0.5, 0.6) is 0 Å². The lowest BCUT2D eigenvalue weighted by Crippen LogP contribution is -2.38. The maximum Gasteiger partial charge on any atom is 0.335 e. The molecule has 0 saturated carbocycles. The summed E-state index contributed by atoms with van der Waals surface area (Å²) >= 11 is 0. The molecule has 0 atom stereocenters. The molecule has 3 nitrogen and oxygen atoms in total. The lowest BCUT2D eigenvalue weighted by Gasteiger charge is -2.21. The fourth-order valence-corrected chi connectivity index (χ4v) is 1.95. The zero-order valence-electron chi connectivity index (χ0n) is 6.67.